The van der Waals surface area contributed by atoms with E-state index in [1.165, 1.54) is 0 Å². The number of likely N-dealkylation sites (N-methyl/N-ethyl adjacent to an activating group) is 1. The van der Waals surface area contributed by atoms with Gasteiger partial charge in [0, 0.05) is 13.6 Å². The Labute approximate surface area is 69.2 Å². The molecule has 1 aliphatic rings. The van der Waals surface area contributed by atoms with Crippen molar-refractivity contribution in [3.05, 3.63) is 0 Å². The van der Waals surface area contributed by atoms with E-state index in [2.05, 4.69) is 10.7 Å². The molecule has 1 fully saturated rings. The monoisotopic (exact) mass is 173 g/mol. The molecule has 0 saturated carbocycles. The Morgan fingerprint density at radius 2 is 2.50 bits per heavy atom. The minimum atomic E-state index is -0.564. The molecule has 0 aromatic heterocycles. The first-order valence-electron chi connectivity index (χ1n) is 3.42. The molecular formula is C5H11N5O2. The maximum absolute atomic E-state index is 11.0. The molecule has 7 heteroatoms. The van der Waals surface area contributed by atoms with E-state index in [0.717, 1.165) is 0 Å². The van der Waals surface area contributed by atoms with Gasteiger partial charge in [0.25, 0.3) is 5.91 Å². The zero-order valence-corrected chi connectivity index (χ0v) is 6.63. The van der Waals surface area contributed by atoms with Crippen molar-refractivity contribution in [1.29, 1.82) is 0 Å². The van der Waals surface area contributed by atoms with Crippen LogP contribution in [0, 0.1) is 0 Å². The van der Waals surface area contributed by atoms with E-state index >= 15 is 0 Å². The Kier molecular flexibility index (Phi) is 2.46. The van der Waals surface area contributed by atoms with Crippen molar-refractivity contribution in [3.63, 3.8) is 0 Å². The van der Waals surface area contributed by atoms with Gasteiger partial charge < -0.3 is 5.32 Å². The maximum atomic E-state index is 11.0. The van der Waals surface area contributed by atoms with Gasteiger partial charge in [-0.25, -0.2) is 15.6 Å². The zero-order valence-electron chi connectivity index (χ0n) is 6.63. The molecular weight excluding hydrogens is 162 g/mol. The van der Waals surface area contributed by atoms with Crippen LogP contribution in [0.5, 0.6) is 0 Å². The van der Waals surface area contributed by atoms with Crippen molar-refractivity contribution in [1.82, 2.24) is 21.2 Å². The average Bonchev–Trinajstić information content (AvgIpc) is 2.30. The van der Waals surface area contributed by atoms with Gasteiger partial charge in [-0.3, -0.25) is 15.6 Å². The highest BCUT2D eigenvalue weighted by Crippen LogP contribution is 1.95. The lowest BCUT2D eigenvalue weighted by atomic mass is 10.3. The number of carbonyl (C=O) groups excluding carboxylic acids is 2. The van der Waals surface area contributed by atoms with Gasteiger partial charge in [-0.1, -0.05) is 0 Å². The third kappa shape index (κ3) is 1.83. The smallest absolute Gasteiger partial charge is 0.324 e. The Hall–Kier alpha value is -1.34. The number of amides is 3. The molecule has 0 spiro atoms. The summed E-state index contributed by atoms with van der Waals surface area (Å²) in [5.74, 6) is 4.59. The molecule has 0 aliphatic carbocycles. The highest BCUT2D eigenvalue weighted by atomic mass is 16.2. The first-order valence-corrected chi connectivity index (χ1v) is 3.42. The van der Waals surface area contributed by atoms with Gasteiger partial charge in [0.2, 0.25) is 0 Å². The molecule has 0 aromatic rings. The lowest BCUT2D eigenvalue weighted by Gasteiger charge is -2.08. The summed E-state index contributed by atoms with van der Waals surface area (Å²) >= 11 is 0. The van der Waals surface area contributed by atoms with Gasteiger partial charge in [-0.2, -0.15) is 0 Å². The fourth-order valence-electron chi connectivity index (χ4n) is 0.980. The SMILES string of the molecule is CN1CC(NC(=O)NN)C(=O)N1. The summed E-state index contributed by atoms with van der Waals surface area (Å²) in [6.07, 6.45) is 0. The predicted molar refractivity (Wildman–Crippen MR) is 40.4 cm³/mol. The number of nitrogens with zero attached hydrogens (tertiary/aromatic N) is 1. The first kappa shape index (κ1) is 8.75. The number of hydrogen-bond donors (Lipinski definition) is 4. The van der Waals surface area contributed by atoms with Gasteiger partial charge >= 0.3 is 6.03 Å². The van der Waals surface area contributed by atoms with Crippen LogP contribution in [-0.4, -0.2) is 36.6 Å². The second-order valence-corrected chi connectivity index (χ2v) is 2.53. The molecule has 7 nitrogen and oxygen atoms in total. The minimum absolute atomic E-state index is 0.235. The number of carbonyl (C=O) groups is 2. The second kappa shape index (κ2) is 3.37. The third-order valence-electron chi connectivity index (χ3n) is 1.51. The first-order chi connectivity index (χ1) is 5.63. The van der Waals surface area contributed by atoms with Gasteiger partial charge in [-0.05, 0) is 0 Å². The van der Waals surface area contributed by atoms with Gasteiger partial charge in [0.1, 0.15) is 6.04 Å². The molecule has 68 valence electrons. The molecule has 1 heterocycles. The highest BCUT2D eigenvalue weighted by molar-refractivity contribution is 5.88. The van der Waals surface area contributed by atoms with E-state index < -0.39 is 12.1 Å². The van der Waals surface area contributed by atoms with Crippen molar-refractivity contribution in [2.75, 3.05) is 13.6 Å². The van der Waals surface area contributed by atoms with E-state index in [9.17, 15) is 9.59 Å². The summed E-state index contributed by atoms with van der Waals surface area (Å²) in [5, 5.41) is 3.97. The van der Waals surface area contributed by atoms with Crippen LogP contribution in [0.2, 0.25) is 0 Å². The van der Waals surface area contributed by atoms with Crippen LogP contribution < -0.4 is 22.0 Å². The Morgan fingerprint density at radius 1 is 1.83 bits per heavy atom. The largest absolute Gasteiger partial charge is 0.329 e. The molecule has 1 unspecified atom stereocenters. The average molecular weight is 173 g/mol. The quantitative estimate of drug-likeness (QED) is 0.200. The Morgan fingerprint density at radius 3 is 2.92 bits per heavy atom. The fraction of sp³-hybridized carbons (Fsp3) is 0.600. The van der Waals surface area contributed by atoms with Crippen molar-refractivity contribution in [2.45, 2.75) is 6.04 Å². The fourth-order valence-corrected chi connectivity index (χ4v) is 0.980. The van der Waals surface area contributed by atoms with E-state index in [1.54, 1.807) is 12.1 Å². The summed E-state index contributed by atoms with van der Waals surface area (Å²) in [6.45, 7) is 0.437. The molecule has 5 N–H and O–H groups in total. The number of hydrogen-bond acceptors (Lipinski definition) is 4. The van der Waals surface area contributed by atoms with E-state index in [1.807, 2.05) is 5.43 Å². The molecule has 1 aliphatic heterocycles. The van der Waals surface area contributed by atoms with Crippen LogP contribution >= 0.6 is 0 Å². The van der Waals surface area contributed by atoms with E-state index in [-0.39, 0.29) is 5.91 Å². The maximum Gasteiger partial charge on any atom is 0.329 e. The topological polar surface area (TPSA) is 99.5 Å². The van der Waals surface area contributed by atoms with E-state index in [0.29, 0.717) is 6.54 Å². The number of rotatable bonds is 1. The van der Waals surface area contributed by atoms with Crippen LogP contribution in [0.1, 0.15) is 0 Å². The molecule has 0 aromatic carbocycles. The second-order valence-electron chi connectivity index (χ2n) is 2.53. The van der Waals surface area contributed by atoms with Gasteiger partial charge in [0.15, 0.2) is 0 Å². The molecule has 1 rings (SSSR count). The summed E-state index contributed by atoms with van der Waals surface area (Å²) in [7, 11) is 1.71. The van der Waals surface area contributed by atoms with Crippen molar-refractivity contribution in [2.24, 2.45) is 5.84 Å². The van der Waals surface area contributed by atoms with Crippen LogP contribution in [0.15, 0.2) is 0 Å². The zero-order chi connectivity index (χ0) is 9.14. The minimum Gasteiger partial charge on any atom is -0.324 e. The van der Waals surface area contributed by atoms with Crippen LogP contribution in [0.25, 0.3) is 0 Å². The highest BCUT2D eigenvalue weighted by Gasteiger charge is 2.28. The predicted octanol–water partition coefficient (Wildman–Crippen LogP) is -2.50. The summed E-state index contributed by atoms with van der Waals surface area (Å²) in [5.41, 5.74) is 4.39. The van der Waals surface area contributed by atoms with Gasteiger partial charge in [0.05, 0.1) is 0 Å². The van der Waals surface area contributed by atoms with E-state index in [4.69, 9.17) is 5.84 Å². The van der Waals surface area contributed by atoms with Gasteiger partial charge in [-0.15, -0.1) is 0 Å². The van der Waals surface area contributed by atoms with Crippen LogP contribution in [0.3, 0.4) is 0 Å². The van der Waals surface area contributed by atoms with Crippen LogP contribution in [0.4, 0.5) is 4.79 Å². The Bertz CT molecular complexity index is 206. The van der Waals surface area contributed by atoms with Crippen LogP contribution in [-0.2, 0) is 4.79 Å². The van der Waals surface area contributed by atoms with Crippen molar-refractivity contribution >= 4 is 11.9 Å². The third-order valence-corrected chi connectivity index (χ3v) is 1.51. The summed E-state index contributed by atoms with van der Waals surface area (Å²) in [6, 6.07) is -1.09. The Balaban J connectivity index is 2.43. The molecule has 1 atom stereocenters. The molecule has 0 bridgehead atoms. The number of nitrogens with two attached hydrogens (primary N) is 1. The molecule has 12 heavy (non-hydrogen) atoms. The molecule has 0 radical (unpaired) electrons. The number of urea groups is 1. The summed E-state index contributed by atoms with van der Waals surface area (Å²) in [4.78, 5) is 21.7. The molecule has 1 saturated heterocycles. The van der Waals surface area contributed by atoms with Crippen molar-refractivity contribution < 1.29 is 9.59 Å². The standard InChI is InChI=1S/C5H11N5O2/c1-10-2-3(4(11)9-10)7-5(12)8-6/h3H,2,6H2,1H3,(H,9,11)(H2,7,8,12). The lowest BCUT2D eigenvalue weighted by Crippen LogP contribution is -2.48. The molecule has 3 amide bonds. The summed E-state index contributed by atoms with van der Waals surface area (Å²) < 4.78 is 0. The van der Waals surface area contributed by atoms with Crippen molar-refractivity contribution in [3.8, 4) is 0 Å². The number of hydrazine groups is 2. The normalized spacial score (nSPS) is 23.5. The number of nitrogens with one attached hydrogen (secondary N) is 3. The lowest BCUT2D eigenvalue weighted by molar-refractivity contribution is -0.122.